The Kier molecular flexibility index (Phi) is 5.82. The minimum absolute atomic E-state index is 0.0716. The van der Waals surface area contributed by atoms with Crippen molar-refractivity contribution in [2.75, 3.05) is 13.1 Å². The smallest absolute Gasteiger partial charge is 0.410 e. The molecule has 0 bridgehead atoms. The third-order valence-corrected chi connectivity index (χ3v) is 5.06. The molecule has 4 nitrogen and oxygen atoms in total. The van der Waals surface area contributed by atoms with Gasteiger partial charge in [-0.1, -0.05) is 37.1 Å². The lowest BCUT2D eigenvalue weighted by molar-refractivity contribution is 0.0272. The molecule has 0 spiro atoms. The van der Waals surface area contributed by atoms with Crippen molar-refractivity contribution < 1.29 is 14.3 Å². The van der Waals surface area contributed by atoms with Crippen LogP contribution in [0.3, 0.4) is 0 Å². The zero-order valence-electron chi connectivity index (χ0n) is 15.8. The first-order chi connectivity index (χ1) is 11.6. The molecule has 1 aliphatic rings. The van der Waals surface area contributed by atoms with E-state index in [1.807, 2.05) is 39.8 Å². The van der Waals surface area contributed by atoms with Gasteiger partial charge in [-0.25, -0.2) is 4.79 Å². The van der Waals surface area contributed by atoms with Crippen LogP contribution in [0.2, 0.25) is 5.02 Å². The summed E-state index contributed by atoms with van der Waals surface area (Å²) in [6, 6.07) is 5.44. The van der Waals surface area contributed by atoms with Gasteiger partial charge in [-0.15, -0.1) is 0 Å². The Bertz CT molecular complexity index is 665. The van der Waals surface area contributed by atoms with Crippen molar-refractivity contribution in [2.24, 2.45) is 5.41 Å². The molecule has 0 aromatic heterocycles. The molecule has 1 fully saturated rings. The average Bonchev–Trinajstić information content (AvgIpc) is 2.94. The molecule has 1 aromatic carbocycles. The highest BCUT2D eigenvalue weighted by molar-refractivity contribution is 6.31. The van der Waals surface area contributed by atoms with Gasteiger partial charge in [0.25, 0.3) is 0 Å². The van der Waals surface area contributed by atoms with Crippen LogP contribution in [0.4, 0.5) is 4.79 Å². The monoisotopic (exact) mass is 365 g/mol. The van der Waals surface area contributed by atoms with Crippen molar-refractivity contribution in [1.82, 2.24) is 4.90 Å². The normalized spacial score (nSPS) is 20.6. The first-order valence-corrected chi connectivity index (χ1v) is 9.25. The van der Waals surface area contributed by atoms with E-state index in [1.165, 1.54) is 0 Å². The Balaban J connectivity index is 2.23. The molecule has 1 amide bonds. The van der Waals surface area contributed by atoms with Crippen LogP contribution in [0.15, 0.2) is 18.2 Å². The van der Waals surface area contributed by atoms with Crippen LogP contribution < -0.4 is 0 Å². The number of Topliss-reactive ketones (excluding diaryl/α,β-unsaturated/α-hetero) is 1. The molecule has 1 aromatic rings. The SMILES string of the molecule is CCCC1(C(=O)c2ccc(C)c(Cl)c2)CCN(C(=O)OC(C)(C)C)C1. The molecule has 1 unspecified atom stereocenters. The standard InChI is InChI=1S/C20H28ClNO3/c1-6-9-20(17(23)15-8-7-14(2)16(21)12-15)10-11-22(13-20)18(24)25-19(3,4)5/h7-8,12H,6,9-11,13H2,1-5H3. The summed E-state index contributed by atoms with van der Waals surface area (Å²) >= 11 is 6.20. The van der Waals surface area contributed by atoms with Crippen molar-refractivity contribution in [3.8, 4) is 0 Å². The maximum atomic E-state index is 13.2. The Morgan fingerprint density at radius 1 is 1.32 bits per heavy atom. The molecule has 0 saturated carbocycles. The van der Waals surface area contributed by atoms with Crippen LogP contribution in [0.25, 0.3) is 0 Å². The summed E-state index contributed by atoms with van der Waals surface area (Å²) in [6.45, 7) is 10.5. The van der Waals surface area contributed by atoms with Crippen LogP contribution in [-0.2, 0) is 4.74 Å². The number of rotatable bonds is 4. The molecule has 1 atom stereocenters. The first kappa shape index (κ1) is 19.8. The Morgan fingerprint density at radius 2 is 2.00 bits per heavy atom. The Morgan fingerprint density at radius 3 is 2.56 bits per heavy atom. The number of ketones is 1. The van der Waals surface area contributed by atoms with E-state index in [9.17, 15) is 9.59 Å². The highest BCUT2D eigenvalue weighted by atomic mass is 35.5. The zero-order chi connectivity index (χ0) is 18.8. The van der Waals surface area contributed by atoms with E-state index in [4.69, 9.17) is 16.3 Å². The molecule has 0 radical (unpaired) electrons. The van der Waals surface area contributed by atoms with Gasteiger partial charge >= 0.3 is 6.09 Å². The molecule has 1 heterocycles. The van der Waals surface area contributed by atoms with Gasteiger partial charge in [0.15, 0.2) is 5.78 Å². The maximum absolute atomic E-state index is 13.2. The summed E-state index contributed by atoms with van der Waals surface area (Å²) in [5.41, 5.74) is 0.478. The predicted molar refractivity (Wildman–Crippen MR) is 100 cm³/mol. The highest BCUT2D eigenvalue weighted by Gasteiger charge is 2.46. The second-order valence-corrected chi connectivity index (χ2v) is 8.38. The second kappa shape index (κ2) is 7.36. The largest absolute Gasteiger partial charge is 0.444 e. The summed E-state index contributed by atoms with van der Waals surface area (Å²) in [4.78, 5) is 27.3. The molecular formula is C20H28ClNO3. The molecule has 0 aliphatic carbocycles. The van der Waals surface area contributed by atoms with E-state index in [1.54, 1.807) is 11.0 Å². The lowest BCUT2D eigenvalue weighted by atomic mass is 9.76. The lowest BCUT2D eigenvalue weighted by Gasteiger charge is -2.29. The van der Waals surface area contributed by atoms with Crippen LogP contribution in [0.1, 0.15) is 62.9 Å². The zero-order valence-corrected chi connectivity index (χ0v) is 16.6. The van der Waals surface area contributed by atoms with E-state index in [2.05, 4.69) is 6.92 Å². The van der Waals surface area contributed by atoms with Gasteiger partial charge in [-0.2, -0.15) is 0 Å². The van der Waals surface area contributed by atoms with Gasteiger partial charge in [0.05, 0.1) is 5.41 Å². The number of ether oxygens (including phenoxy) is 1. The van der Waals surface area contributed by atoms with Gasteiger partial charge in [-0.05, 0) is 52.2 Å². The Hall–Kier alpha value is -1.55. The van der Waals surface area contributed by atoms with E-state index in [0.29, 0.717) is 30.1 Å². The summed E-state index contributed by atoms with van der Waals surface area (Å²) < 4.78 is 5.47. The van der Waals surface area contributed by atoms with Crippen LogP contribution in [-0.4, -0.2) is 35.5 Å². The number of carbonyl (C=O) groups excluding carboxylic acids is 2. The third kappa shape index (κ3) is 4.55. The number of benzene rings is 1. The van der Waals surface area contributed by atoms with Crippen molar-refractivity contribution in [3.05, 3.63) is 34.3 Å². The molecule has 0 N–H and O–H groups in total. The highest BCUT2D eigenvalue weighted by Crippen LogP contribution is 2.39. The number of carbonyl (C=O) groups is 2. The molecule has 25 heavy (non-hydrogen) atoms. The first-order valence-electron chi connectivity index (χ1n) is 8.87. The number of aryl methyl sites for hydroxylation is 1. The van der Waals surface area contributed by atoms with Crippen LogP contribution in [0, 0.1) is 12.3 Å². The summed E-state index contributed by atoms with van der Waals surface area (Å²) in [5.74, 6) is 0.0716. The topological polar surface area (TPSA) is 46.6 Å². The number of amides is 1. The van der Waals surface area contributed by atoms with E-state index in [0.717, 1.165) is 18.4 Å². The fourth-order valence-corrected chi connectivity index (χ4v) is 3.56. The van der Waals surface area contributed by atoms with Crippen molar-refractivity contribution >= 4 is 23.5 Å². The van der Waals surface area contributed by atoms with Gasteiger partial charge < -0.3 is 9.64 Å². The number of hydrogen-bond acceptors (Lipinski definition) is 3. The van der Waals surface area contributed by atoms with Gasteiger partial charge in [0.1, 0.15) is 5.60 Å². The van der Waals surface area contributed by atoms with Gasteiger partial charge in [-0.3, -0.25) is 4.79 Å². The summed E-state index contributed by atoms with van der Waals surface area (Å²) in [5, 5.41) is 0.597. The van der Waals surface area contributed by atoms with E-state index in [-0.39, 0.29) is 11.9 Å². The van der Waals surface area contributed by atoms with Gasteiger partial charge in [0, 0.05) is 23.7 Å². The Labute approximate surface area is 155 Å². The van der Waals surface area contributed by atoms with E-state index < -0.39 is 11.0 Å². The molecular weight excluding hydrogens is 338 g/mol. The average molecular weight is 366 g/mol. The minimum atomic E-state index is -0.551. The number of likely N-dealkylation sites (tertiary alicyclic amines) is 1. The maximum Gasteiger partial charge on any atom is 0.410 e. The van der Waals surface area contributed by atoms with Crippen molar-refractivity contribution in [1.29, 1.82) is 0 Å². The fourth-order valence-electron chi connectivity index (χ4n) is 3.38. The molecule has 1 saturated heterocycles. The number of halogens is 1. The predicted octanol–water partition coefficient (Wildman–Crippen LogP) is 5.26. The number of nitrogens with zero attached hydrogens (tertiary/aromatic N) is 1. The second-order valence-electron chi connectivity index (χ2n) is 7.98. The molecule has 5 heteroatoms. The van der Waals surface area contributed by atoms with E-state index >= 15 is 0 Å². The molecule has 1 aliphatic heterocycles. The minimum Gasteiger partial charge on any atom is -0.444 e. The molecule has 138 valence electrons. The van der Waals surface area contributed by atoms with Gasteiger partial charge in [0.2, 0.25) is 0 Å². The molecule has 2 rings (SSSR count). The third-order valence-electron chi connectivity index (χ3n) is 4.65. The van der Waals surface area contributed by atoms with Crippen LogP contribution in [0.5, 0.6) is 0 Å². The summed E-state index contributed by atoms with van der Waals surface area (Å²) in [6.07, 6.45) is 1.94. The van der Waals surface area contributed by atoms with Crippen molar-refractivity contribution in [3.63, 3.8) is 0 Å². The van der Waals surface area contributed by atoms with Crippen molar-refractivity contribution in [2.45, 2.75) is 59.5 Å². The quantitative estimate of drug-likeness (QED) is 0.684. The summed E-state index contributed by atoms with van der Waals surface area (Å²) in [7, 11) is 0. The lowest BCUT2D eigenvalue weighted by Crippen LogP contribution is -2.39. The van der Waals surface area contributed by atoms with Crippen LogP contribution >= 0.6 is 11.6 Å². The fraction of sp³-hybridized carbons (Fsp3) is 0.600. The number of hydrogen-bond donors (Lipinski definition) is 0.